The number of fused-ring (bicyclic) bond motifs is 1. The molecule has 2 N–H and O–H groups in total. The van der Waals surface area contributed by atoms with E-state index in [4.69, 9.17) is 28.5 Å². The zero-order valence-electron chi connectivity index (χ0n) is 34.1. The number of hydrogen-bond acceptors (Lipinski definition) is 13. The van der Waals surface area contributed by atoms with Crippen LogP contribution in [-0.2, 0) is 42.9 Å². The lowest BCUT2D eigenvalue weighted by Crippen LogP contribution is -2.59. The Kier molecular flexibility index (Phi) is 14.0. The van der Waals surface area contributed by atoms with Crippen LogP contribution >= 0.6 is 0 Å². The molecule has 1 aromatic rings. The van der Waals surface area contributed by atoms with Crippen LogP contribution < -0.4 is 5.32 Å². The fraction of sp³-hybridized carbons (Fsp3) is 0.690. The molecule has 0 aromatic heterocycles. The predicted molar refractivity (Wildman–Crippen MR) is 205 cm³/mol. The third-order valence-electron chi connectivity index (χ3n) is 12.0. The van der Waals surface area contributed by atoms with Gasteiger partial charge in [0.2, 0.25) is 0 Å². The number of aliphatic hydroxyl groups is 1. The van der Waals surface area contributed by atoms with Crippen LogP contribution in [0.4, 0.5) is 4.79 Å². The number of ether oxygens (including phenoxy) is 5. The number of alkyl carbamates (subject to hydrolysis) is 1. The van der Waals surface area contributed by atoms with Crippen LogP contribution in [0.1, 0.15) is 86.1 Å². The summed E-state index contributed by atoms with van der Waals surface area (Å²) in [5.41, 5.74) is -0.935. The molecule has 1 amide bonds. The van der Waals surface area contributed by atoms with Gasteiger partial charge < -0.3 is 43.8 Å². The summed E-state index contributed by atoms with van der Waals surface area (Å²) in [6.07, 6.45) is -3.38. The first-order chi connectivity index (χ1) is 26.5. The molecule has 0 saturated carbocycles. The SMILES string of the molecule is CC[C@H]1OC(=O)[C@H](C)C(=O)[C@H](C)[C@@H](O[C@@H]2OCC[C@H](N(C)C)[C@H]2O)[C@@](C)(OCC#CCC2CC(c3ccccc3)=NO2)C[C@@H](C)C(=O)[C@H](C)[C@H]2NC(=O)O[C@@]21C. The largest absolute Gasteiger partial charge is 0.458 e. The van der Waals surface area contributed by atoms with Gasteiger partial charge in [0, 0.05) is 36.6 Å². The molecule has 4 heterocycles. The smallest absolute Gasteiger partial charge is 0.408 e. The molecule has 14 nitrogen and oxygen atoms in total. The molecule has 1 aromatic carbocycles. The molecule has 56 heavy (non-hydrogen) atoms. The van der Waals surface area contributed by atoms with Crippen LogP contribution in [0.25, 0.3) is 0 Å². The van der Waals surface area contributed by atoms with E-state index in [1.54, 1.807) is 41.5 Å². The van der Waals surface area contributed by atoms with Gasteiger partial charge in [-0.1, -0.05) is 75.0 Å². The number of likely N-dealkylation sites (N-methyl/N-ethyl adjacent to an activating group) is 1. The third kappa shape index (κ3) is 9.29. The van der Waals surface area contributed by atoms with Gasteiger partial charge in [-0.05, 0) is 59.7 Å². The van der Waals surface area contributed by atoms with Crippen molar-refractivity contribution in [1.29, 1.82) is 0 Å². The summed E-state index contributed by atoms with van der Waals surface area (Å²) < 4.78 is 30.9. The fourth-order valence-electron chi connectivity index (χ4n) is 8.69. The van der Waals surface area contributed by atoms with Crippen LogP contribution in [0.5, 0.6) is 0 Å². The number of hydrogen-bond donors (Lipinski definition) is 2. The van der Waals surface area contributed by atoms with Gasteiger partial charge in [0.15, 0.2) is 17.7 Å². The number of carbonyl (C=O) groups is 4. The molecule has 13 atom stereocenters. The maximum Gasteiger partial charge on any atom is 0.408 e. The second-order valence-electron chi connectivity index (χ2n) is 16.3. The Morgan fingerprint density at radius 2 is 1.73 bits per heavy atom. The van der Waals surface area contributed by atoms with E-state index in [0.29, 0.717) is 25.9 Å². The molecule has 4 aliphatic rings. The number of benzene rings is 1. The van der Waals surface area contributed by atoms with Crippen LogP contribution in [0, 0.1) is 35.5 Å². The van der Waals surface area contributed by atoms with Crippen molar-refractivity contribution in [2.24, 2.45) is 28.8 Å². The minimum absolute atomic E-state index is 0.0638. The number of amides is 1. The molecule has 1 unspecified atom stereocenters. The Morgan fingerprint density at radius 3 is 2.41 bits per heavy atom. The minimum Gasteiger partial charge on any atom is -0.458 e. The van der Waals surface area contributed by atoms with Crippen LogP contribution in [0.3, 0.4) is 0 Å². The zero-order valence-corrected chi connectivity index (χ0v) is 34.1. The van der Waals surface area contributed by atoms with Crippen molar-refractivity contribution in [2.75, 3.05) is 27.3 Å². The van der Waals surface area contributed by atoms with Gasteiger partial charge in [-0.2, -0.15) is 0 Å². The van der Waals surface area contributed by atoms with Crippen LogP contribution in [-0.4, -0.2) is 121 Å². The number of nitrogens with zero attached hydrogens (tertiary/aromatic N) is 2. The number of nitrogens with one attached hydrogen (secondary N) is 1. The highest BCUT2D eigenvalue weighted by molar-refractivity contribution is 6.01. The van der Waals surface area contributed by atoms with Crippen molar-refractivity contribution in [3.8, 4) is 11.8 Å². The first-order valence-corrected chi connectivity index (χ1v) is 19.8. The Hall–Kier alpha value is -3.87. The highest BCUT2D eigenvalue weighted by Gasteiger charge is 2.57. The summed E-state index contributed by atoms with van der Waals surface area (Å²) >= 11 is 0. The van der Waals surface area contributed by atoms with Gasteiger partial charge >= 0.3 is 12.1 Å². The van der Waals surface area contributed by atoms with Gasteiger partial charge in [0.05, 0.1) is 30.1 Å². The maximum absolute atomic E-state index is 14.4. The minimum atomic E-state index is -1.39. The number of carbonyl (C=O) groups excluding carboxylic acids is 4. The number of oxime groups is 1. The maximum atomic E-state index is 14.4. The van der Waals surface area contributed by atoms with Crippen molar-refractivity contribution >= 4 is 29.3 Å². The fourth-order valence-corrected chi connectivity index (χ4v) is 8.69. The van der Waals surface area contributed by atoms with Crippen LogP contribution in [0.2, 0.25) is 0 Å². The lowest BCUT2D eigenvalue weighted by molar-refractivity contribution is -0.282. The summed E-state index contributed by atoms with van der Waals surface area (Å²) in [6, 6.07) is 8.67. The Morgan fingerprint density at radius 1 is 1.02 bits per heavy atom. The quantitative estimate of drug-likeness (QED) is 0.221. The van der Waals surface area contributed by atoms with Gasteiger partial charge in [0.25, 0.3) is 0 Å². The summed E-state index contributed by atoms with van der Waals surface area (Å²) in [6.45, 7) is 12.0. The third-order valence-corrected chi connectivity index (χ3v) is 12.0. The summed E-state index contributed by atoms with van der Waals surface area (Å²) in [4.78, 5) is 62.7. The van der Waals surface area contributed by atoms with E-state index >= 15 is 0 Å². The van der Waals surface area contributed by atoms with Crippen LogP contribution in [0.15, 0.2) is 35.5 Å². The van der Waals surface area contributed by atoms with Gasteiger partial charge in [0.1, 0.15) is 36.6 Å². The standard InChI is InChI=1S/C42H59N3O11/c1-10-32-42(7)36(43-40(50)55-42)25(3)33(46)24(2)23-41(6,52-20-15-14-18-29-22-30(44-56-29)28-16-12-11-13-17-28)37(26(4)34(47)27(5)38(49)53-32)54-39-35(48)31(45(8)9)19-21-51-39/h11-13,16-17,24-27,29,31-32,35-37,39,48H,10,18-23H2,1-9H3,(H,43,50)/t24-,25+,26+,27-,29?,31+,32-,35-,36-,37-,39+,41+,42-/m1/s1. The normalized spacial score (nSPS) is 38.3. The van der Waals surface area contributed by atoms with E-state index in [0.717, 1.165) is 11.3 Å². The van der Waals surface area contributed by atoms with E-state index in [9.17, 15) is 24.3 Å². The van der Waals surface area contributed by atoms with Crippen molar-refractivity contribution in [3.63, 3.8) is 0 Å². The lowest BCUT2D eigenvalue weighted by Gasteiger charge is -2.46. The first kappa shape index (κ1) is 43.3. The molecule has 0 radical (unpaired) electrons. The second kappa shape index (κ2) is 18.2. The highest BCUT2D eigenvalue weighted by Crippen LogP contribution is 2.40. The molecule has 5 rings (SSSR count). The Labute approximate surface area is 330 Å². The Bertz CT molecular complexity index is 1680. The van der Waals surface area contributed by atoms with Crippen molar-refractivity contribution in [2.45, 2.75) is 135 Å². The number of cyclic esters (lactones) is 1. The molecular formula is C42H59N3O11. The number of ketones is 2. The average Bonchev–Trinajstić information content (AvgIpc) is 3.78. The van der Waals surface area contributed by atoms with E-state index < -0.39 is 83.4 Å². The molecule has 3 saturated heterocycles. The molecule has 0 aliphatic carbocycles. The molecule has 4 aliphatic heterocycles. The summed E-state index contributed by atoms with van der Waals surface area (Å²) in [5, 5.41) is 18.5. The Balaban J connectivity index is 1.46. The topological polar surface area (TPSA) is 172 Å². The van der Waals surface area contributed by atoms with Crippen molar-refractivity contribution in [3.05, 3.63) is 35.9 Å². The molecule has 14 heteroatoms. The molecule has 3 fully saturated rings. The lowest BCUT2D eigenvalue weighted by atomic mass is 9.73. The monoisotopic (exact) mass is 781 g/mol. The number of rotatable bonds is 8. The molecular weight excluding hydrogens is 722 g/mol. The molecule has 0 bridgehead atoms. The van der Waals surface area contributed by atoms with Crippen molar-refractivity contribution in [1.82, 2.24) is 10.2 Å². The van der Waals surface area contributed by atoms with E-state index in [1.165, 1.54) is 6.92 Å². The van der Waals surface area contributed by atoms with Gasteiger partial charge in [-0.3, -0.25) is 14.4 Å². The molecule has 0 spiro atoms. The zero-order chi connectivity index (χ0) is 40.9. The number of aliphatic hydroxyl groups excluding tert-OH is 1. The average molecular weight is 782 g/mol. The predicted octanol–water partition coefficient (Wildman–Crippen LogP) is 4.05. The number of Topliss-reactive ketones (excluding diaryl/α,β-unsaturated/α-hetero) is 2. The second-order valence-corrected chi connectivity index (χ2v) is 16.3. The van der Waals surface area contributed by atoms with E-state index in [2.05, 4.69) is 22.3 Å². The summed E-state index contributed by atoms with van der Waals surface area (Å²) in [7, 11) is 3.71. The molecule has 308 valence electrons. The van der Waals surface area contributed by atoms with Gasteiger partial charge in [-0.25, -0.2) is 4.79 Å². The van der Waals surface area contributed by atoms with E-state index in [1.807, 2.05) is 49.3 Å². The van der Waals surface area contributed by atoms with Crippen molar-refractivity contribution < 1.29 is 52.8 Å². The first-order valence-electron chi connectivity index (χ1n) is 19.8. The highest BCUT2D eigenvalue weighted by atomic mass is 16.7. The van der Waals surface area contributed by atoms with Gasteiger partial charge in [-0.15, -0.1) is 0 Å². The van der Waals surface area contributed by atoms with E-state index in [-0.39, 0.29) is 37.4 Å². The summed E-state index contributed by atoms with van der Waals surface area (Å²) in [5.74, 6) is 0.991. The number of esters is 1.